The minimum atomic E-state index is -0.332. The van der Waals surface area contributed by atoms with Crippen LogP contribution in [0.2, 0.25) is 0 Å². The number of carbonyl (C=O) groups excluding carboxylic acids is 1. The zero-order valence-electron chi connectivity index (χ0n) is 13.7. The highest BCUT2D eigenvalue weighted by Gasteiger charge is 2.05. The van der Waals surface area contributed by atoms with Gasteiger partial charge in [0.1, 0.15) is 11.6 Å². The van der Waals surface area contributed by atoms with Crippen LogP contribution in [0.3, 0.4) is 0 Å². The third-order valence-electron chi connectivity index (χ3n) is 3.59. The van der Waals surface area contributed by atoms with E-state index < -0.39 is 0 Å². The number of anilines is 3. The molecule has 0 fully saturated rings. The van der Waals surface area contributed by atoms with E-state index in [2.05, 4.69) is 21.7 Å². The Morgan fingerprint density at radius 3 is 2.58 bits per heavy atom. The summed E-state index contributed by atoms with van der Waals surface area (Å²) in [5, 5.41) is 14.8. The third-order valence-corrected chi connectivity index (χ3v) is 3.59. The van der Waals surface area contributed by atoms with Crippen molar-refractivity contribution in [2.75, 3.05) is 10.6 Å². The van der Waals surface area contributed by atoms with E-state index >= 15 is 0 Å². The Hall–Kier alpha value is -3.72. The lowest BCUT2D eigenvalue weighted by Crippen LogP contribution is -2.14. The monoisotopic (exact) mass is 346 g/mol. The van der Waals surface area contributed by atoms with Crippen LogP contribution in [-0.2, 0) is 11.2 Å². The number of halogens is 1. The summed E-state index contributed by atoms with van der Waals surface area (Å²) in [4.78, 5) is 16.3. The Morgan fingerprint density at radius 2 is 1.88 bits per heavy atom. The van der Waals surface area contributed by atoms with Gasteiger partial charge in [0.25, 0.3) is 0 Å². The molecule has 3 aromatic rings. The number of amides is 1. The Bertz CT molecular complexity index is 947. The first-order chi connectivity index (χ1) is 12.6. The van der Waals surface area contributed by atoms with E-state index in [0.29, 0.717) is 17.1 Å². The average molecular weight is 346 g/mol. The van der Waals surface area contributed by atoms with Crippen LogP contribution in [0.4, 0.5) is 21.6 Å². The fourth-order valence-electron chi connectivity index (χ4n) is 2.35. The van der Waals surface area contributed by atoms with Crippen LogP contribution < -0.4 is 10.6 Å². The second-order valence-electron chi connectivity index (χ2n) is 5.60. The molecular weight excluding hydrogens is 331 g/mol. The van der Waals surface area contributed by atoms with Crippen LogP contribution in [0.25, 0.3) is 0 Å². The van der Waals surface area contributed by atoms with Crippen LogP contribution in [0.1, 0.15) is 11.1 Å². The minimum absolute atomic E-state index is 0.154. The minimum Gasteiger partial charge on any atom is -0.340 e. The van der Waals surface area contributed by atoms with Gasteiger partial charge in [-0.3, -0.25) is 4.79 Å². The Kier molecular flexibility index (Phi) is 5.20. The Labute approximate surface area is 150 Å². The lowest BCUT2D eigenvalue weighted by Gasteiger charge is -2.08. The van der Waals surface area contributed by atoms with E-state index in [1.807, 2.05) is 6.07 Å². The zero-order chi connectivity index (χ0) is 18.4. The summed E-state index contributed by atoms with van der Waals surface area (Å²) in [6.07, 6.45) is 1.69. The molecular formula is C20H15FN4O. The second-order valence-corrected chi connectivity index (χ2v) is 5.60. The maximum Gasteiger partial charge on any atom is 0.228 e. The van der Waals surface area contributed by atoms with Gasteiger partial charge in [-0.05, 0) is 48.0 Å². The summed E-state index contributed by atoms with van der Waals surface area (Å²) < 4.78 is 12.9. The summed E-state index contributed by atoms with van der Waals surface area (Å²) in [6, 6.07) is 18.4. The zero-order valence-corrected chi connectivity index (χ0v) is 13.7. The maximum atomic E-state index is 12.9. The molecule has 128 valence electrons. The van der Waals surface area contributed by atoms with Crippen molar-refractivity contribution < 1.29 is 9.18 Å². The van der Waals surface area contributed by atoms with Gasteiger partial charge in [0, 0.05) is 5.69 Å². The van der Waals surface area contributed by atoms with Crippen LogP contribution in [-0.4, -0.2) is 10.9 Å². The first-order valence-corrected chi connectivity index (χ1v) is 7.90. The molecule has 0 radical (unpaired) electrons. The first-order valence-electron chi connectivity index (χ1n) is 7.90. The average Bonchev–Trinajstić information content (AvgIpc) is 2.65. The van der Waals surface area contributed by atoms with Crippen LogP contribution in [0.15, 0.2) is 66.9 Å². The number of hydrogen-bond acceptors (Lipinski definition) is 4. The maximum absolute atomic E-state index is 12.9. The van der Waals surface area contributed by atoms with Crippen molar-refractivity contribution >= 4 is 23.1 Å². The highest BCUT2D eigenvalue weighted by atomic mass is 19.1. The molecule has 6 heteroatoms. The van der Waals surface area contributed by atoms with Gasteiger partial charge in [-0.15, -0.1) is 0 Å². The largest absolute Gasteiger partial charge is 0.340 e. The molecule has 0 aliphatic heterocycles. The van der Waals surface area contributed by atoms with E-state index in [0.717, 1.165) is 11.3 Å². The normalized spacial score (nSPS) is 10.0. The molecule has 26 heavy (non-hydrogen) atoms. The molecule has 0 saturated carbocycles. The smallest absolute Gasteiger partial charge is 0.228 e. The van der Waals surface area contributed by atoms with Gasteiger partial charge in [-0.2, -0.15) is 5.26 Å². The SMILES string of the molecule is N#Cc1cccc(Nc2ccc(NC(=O)Cc3ccc(F)cc3)cn2)c1. The Morgan fingerprint density at radius 1 is 1.08 bits per heavy atom. The van der Waals surface area contributed by atoms with E-state index in [9.17, 15) is 9.18 Å². The predicted octanol–water partition coefficient (Wildman–Crippen LogP) is 4.02. The second kappa shape index (κ2) is 7.90. The van der Waals surface area contributed by atoms with Crippen LogP contribution in [0, 0.1) is 17.1 Å². The van der Waals surface area contributed by atoms with E-state index in [-0.39, 0.29) is 18.1 Å². The Balaban J connectivity index is 1.59. The van der Waals surface area contributed by atoms with Crippen molar-refractivity contribution in [2.24, 2.45) is 0 Å². The van der Waals surface area contributed by atoms with Gasteiger partial charge >= 0.3 is 0 Å². The molecule has 1 aromatic heterocycles. The molecule has 2 aromatic carbocycles. The van der Waals surface area contributed by atoms with E-state index in [4.69, 9.17) is 5.26 Å². The van der Waals surface area contributed by atoms with Gasteiger partial charge < -0.3 is 10.6 Å². The van der Waals surface area contributed by atoms with Gasteiger partial charge in [-0.25, -0.2) is 9.37 Å². The van der Waals surface area contributed by atoms with Crippen LogP contribution >= 0.6 is 0 Å². The summed E-state index contributed by atoms with van der Waals surface area (Å²) >= 11 is 0. The van der Waals surface area contributed by atoms with Crippen molar-refractivity contribution in [3.8, 4) is 6.07 Å². The standard InChI is InChI=1S/C20H15FN4O/c21-16-6-4-14(5-7-16)11-20(26)25-18-8-9-19(23-13-18)24-17-3-1-2-15(10-17)12-22/h1-10,13H,11H2,(H,23,24)(H,25,26). The van der Waals surface area contributed by atoms with E-state index in [1.54, 1.807) is 48.7 Å². The molecule has 0 aliphatic rings. The fraction of sp³-hybridized carbons (Fsp3) is 0.0500. The van der Waals surface area contributed by atoms with E-state index in [1.165, 1.54) is 12.1 Å². The molecule has 2 N–H and O–H groups in total. The van der Waals surface area contributed by atoms with Crippen molar-refractivity contribution in [1.82, 2.24) is 4.98 Å². The molecule has 1 heterocycles. The molecule has 0 spiro atoms. The molecule has 0 saturated heterocycles. The molecule has 1 amide bonds. The predicted molar refractivity (Wildman–Crippen MR) is 97.4 cm³/mol. The number of hydrogen-bond donors (Lipinski definition) is 2. The van der Waals surface area contributed by atoms with Crippen LogP contribution in [0.5, 0.6) is 0 Å². The third kappa shape index (κ3) is 4.65. The topological polar surface area (TPSA) is 77.8 Å². The molecule has 3 rings (SSSR count). The van der Waals surface area contributed by atoms with Gasteiger partial charge in [0.15, 0.2) is 0 Å². The summed E-state index contributed by atoms with van der Waals surface area (Å²) in [6.45, 7) is 0. The summed E-state index contributed by atoms with van der Waals surface area (Å²) in [5.41, 5.74) is 2.60. The lowest BCUT2D eigenvalue weighted by molar-refractivity contribution is -0.115. The molecule has 0 atom stereocenters. The summed E-state index contributed by atoms with van der Waals surface area (Å²) in [7, 11) is 0. The van der Waals surface area contributed by atoms with Gasteiger partial charge in [-0.1, -0.05) is 18.2 Å². The highest BCUT2D eigenvalue weighted by molar-refractivity contribution is 5.92. The highest BCUT2D eigenvalue weighted by Crippen LogP contribution is 2.17. The fourth-order valence-corrected chi connectivity index (χ4v) is 2.35. The summed E-state index contributed by atoms with van der Waals surface area (Å²) in [5.74, 6) is 0.0548. The van der Waals surface area contributed by atoms with Gasteiger partial charge in [0.05, 0.1) is 29.9 Å². The number of pyridine rings is 1. The number of nitrogens with one attached hydrogen (secondary N) is 2. The van der Waals surface area contributed by atoms with Crippen molar-refractivity contribution in [2.45, 2.75) is 6.42 Å². The lowest BCUT2D eigenvalue weighted by atomic mass is 10.1. The van der Waals surface area contributed by atoms with Crippen molar-refractivity contribution in [3.05, 3.63) is 83.8 Å². The first kappa shape index (κ1) is 17.1. The number of nitrogens with zero attached hydrogens (tertiary/aromatic N) is 2. The van der Waals surface area contributed by atoms with Crippen molar-refractivity contribution in [1.29, 1.82) is 5.26 Å². The van der Waals surface area contributed by atoms with Crippen molar-refractivity contribution in [3.63, 3.8) is 0 Å². The molecule has 0 bridgehead atoms. The number of rotatable bonds is 5. The number of benzene rings is 2. The van der Waals surface area contributed by atoms with Gasteiger partial charge in [0.2, 0.25) is 5.91 Å². The number of carbonyl (C=O) groups is 1. The molecule has 0 unspecified atom stereocenters. The number of nitriles is 1. The quantitative estimate of drug-likeness (QED) is 0.731. The number of aromatic nitrogens is 1. The molecule has 5 nitrogen and oxygen atoms in total. The molecule has 0 aliphatic carbocycles.